The molecule has 8 heteroatoms. The van der Waals surface area contributed by atoms with E-state index < -0.39 is 0 Å². The average Bonchev–Trinajstić information content (AvgIpc) is 2.89. The zero-order valence-corrected chi connectivity index (χ0v) is 23.3. The van der Waals surface area contributed by atoms with Crippen LogP contribution in [0.4, 0.5) is 23.1 Å². The Balaban J connectivity index is 1.18. The molecule has 196 valence electrons. The Labute approximate surface area is 226 Å². The van der Waals surface area contributed by atoms with Gasteiger partial charge in [-0.05, 0) is 75.7 Å². The molecule has 1 aromatic heterocycles. The van der Waals surface area contributed by atoms with E-state index in [-0.39, 0.29) is 0 Å². The van der Waals surface area contributed by atoms with Crippen LogP contribution < -0.4 is 25.8 Å². The van der Waals surface area contributed by atoms with Crippen LogP contribution in [-0.4, -0.2) is 55.4 Å². The van der Waals surface area contributed by atoms with Crippen LogP contribution >= 0.6 is 12.2 Å². The van der Waals surface area contributed by atoms with E-state index in [1.807, 2.05) is 0 Å². The molecule has 3 aromatic rings. The van der Waals surface area contributed by atoms with E-state index in [2.05, 4.69) is 90.3 Å². The van der Waals surface area contributed by atoms with Crippen molar-refractivity contribution in [3.8, 4) is 0 Å². The van der Waals surface area contributed by atoms with E-state index in [0.29, 0.717) is 17.2 Å². The Hall–Kier alpha value is -3.13. The number of thiocarbonyl (C=S) groups is 1. The molecular formula is C29H39N7S. The molecule has 37 heavy (non-hydrogen) atoms. The van der Waals surface area contributed by atoms with Crippen molar-refractivity contribution >= 4 is 51.2 Å². The van der Waals surface area contributed by atoms with E-state index >= 15 is 0 Å². The minimum Gasteiger partial charge on any atom is -0.377 e. The molecule has 0 radical (unpaired) electrons. The van der Waals surface area contributed by atoms with Gasteiger partial charge in [0.2, 0.25) is 5.95 Å². The highest BCUT2D eigenvalue weighted by Crippen LogP contribution is 2.32. The van der Waals surface area contributed by atoms with Crippen LogP contribution in [0.5, 0.6) is 0 Å². The number of fused-ring (bicyclic) bond motifs is 2. The highest BCUT2D eigenvalue weighted by molar-refractivity contribution is 7.80. The molecule has 1 saturated carbocycles. The zero-order chi connectivity index (χ0) is 25.9. The Bertz CT molecular complexity index is 1260. The van der Waals surface area contributed by atoms with Gasteiger partial charge in [0, 0.05) is 68.0 Å². The summed E-state index contributed by atoms with van der Waals surface area (Å²) in [6, 6.07) is 13.5. The summed E-state index contributed by atoms with van der Waals surface area (Å²) in [7, 11) is 8.30. The summed E-state index contributed by atoms with van der Waals surface area (Å²) < 4.78 is 0. The van der Waals surface area contributed by atoms with Gasteiger partial charge in [-0.1, -0.05) is 24.3 Å². The molecule has 2 aliphatic rings. The summed E-state index contributed by atoms with van der Waals surface area (Å²) >= 11 is 5.72. The minimum atomic E-state index is 0.368. The van der Waals surface area contributed by atoms with Crippen molar-refractivity contribution in [2.24, 2.45) is 0 Å². The molecule has 0 unspecified atom stereocenters. The lowest BCUT2D eigenvalue weighted by molar-refractivity contribution is 0.387. The summed E-state index contributed by atoms with van der Waals surface area (Å²) in [5.41, 5.74) is 4.80. The fourth-order valence-electron chi connectivity index (χ4n) is 5.70. The molecule has 2 aliphatic carbocycles. The van der Waals surface area contributed by atoms with E-state index in [1.54, 1.807) is 0 Å². The SMILES string of the molecule is CN(C)c1nc(N[C@H]2CC[C@@H](NC(=S)Nc3ccc(N(C)C)c4ccccc34)CC2)nc2c1CCCC2. The predicted octanol–water partition coefficient (Wildman–Crippen LogP) is 5.35. The predicted molar refractivity (Wildman–Crippen MR) is 160 cm³/mol. The Morgan fingerprint density at radius 2 is 1.54 bits per heavy atom. The third-order valence-corrected chi connectivity index (χ3v) is 7.83. The first kappa shape index (κ1) is 25.5. The summed E-state index contributed by atoms with van der Waals surface area (Å²) in [6.07, 6.45) is 8.85. The quantitative estimate of drug-likeness (QED) is 0.378. The maximum Gasteiger partial charge on any atom is 0.225 e. The molecule has 7 nitrogen and oxygen atoms in total. The molecule has 2 aromatic carbocycles. The molecule has 0 spiro atoms. The topological polar surface area (TPSA) is 68.4 Å². The highest BCUT2D eigenvalue weighted by Gasteiger charge is 2.24. The number of nitrogens with one attached hydrogen (secondary N) is 3. The van der Waals surface area contributed by atoms with Gasteiger partial charge in [0.25, 0.3) is 0 Å². The van der Waals surface area contributed by atoms with Gasteiger partial charge in [-0.2, -0.15) is 4.98 Å². The lowest BCUT2D eigenvalue weighted by Crippen LogP contribution is -2.42. The Kier molecular flexibility index (Phi) is 7.65. The van der Waals surface area contributed by atoms with Crippen molar-refractivity contribution < 1.29 is 0 Å². The number of nitrogens with zero attached hydrogens (tertiary/aromatic N) is 4. The standard InChI is InChI=1S/C29H39N7S/c1-35(2)26-18-17-25(21-9-5-6-10-22(21)26)33-29(37)31-20-15-13-19(14-16-20)30-28-32-24-12-8-7-11-23(24)27(34-28)36(3)4/h5-6,9-10,17-20H,7-8,11-16H2,1-4H3,(H,30,32,34)(H2,31,33,37)/t19-,20+. The van der Waals surface area contributed by atoms with Crippen molar-refractivity contribution in [1.82, 2.24) is 15.3 Å². The largest absolute Gasteiger partial charge is 0.377 e. The lowest BCUT2D eigenvalue weighted by Gasteiger charge is -2.31. The van der Waals surface area contributed by atoms with Crippen LogP contribution in [0, 0.1) is 0 Å². The van der Waals surface area contributed by atoms with Gasteiger partial charge in [0.05, 0.1) is 5.69 Å². The van der Waals surface area contributed by atoms with Crippen molar-refractivity contribution in [2.45, 2.75) is 63.5 Å². The van der Waals surface area contributed by atoms with Gasteiger partial charge < -0.3 is 25.8 Å². The van der Waals surface area contributed by atoms with Crippen molar-refractivity contribution in [3.63, 3.8) is 0 Å². The van der Waals surface area contributed by atoms with Crippen molar-refractivity contribution in [3.05, 3.63) is 47.7 Å². The van der Waals surface area contributed by atoms with Crippen LogP contribution in [-0.2, 0) is 12.8 Å². The monoisotopic (exact) mass is 517 g/mol. The highest BCUT2D eigenvalue weighted by atomic mass is 32.1. The van der Waals surface area contributed by atoms with Crippen LogP contribution in [0.1, 0.15) is 49.8 Å². The van der Waals surface area contributed by atoms with Crippen molar-refractivity contribution in [2.75, 3.05) is 48.6 Å². The molecular weight excluding hydrogens is 478 g/mol. The summed E-state index contributed by atoms with van der Waals surface area (Å²) in [5, 5.41) is 13.7. The number of benzene rings is 2. The molecule has 5 rings (SSSR count). The average molecular weight is 518 g/mol. The number of anilines is 4. The van der Waals surface area contributed by atoms with Gasteiger partial charge in [-0.15, -0.1) is 0 Å². The lowest BCUT2D eigenvalue weighted by atomic mass is 9.91. The maximum absolute atomic E-state index is 5.72. The van der Waals surface area contributed by atoms with E-state index in [1.165, 1.54) is 40.6 Å². The molecule has 3 N–H and O–H groups in total. The Morgan fingerprint density at radius 3 is 2.27 bits per heavy atom. The second kappa shape index (κ2) is 11.1. The van der Waals surface area contributed by atoms with Gasteiger partial charge in [0.1, 0.15) is 5.82 Å². The number of aryl methyl sites for hydroxylation is 1. The molecule has 0 amide bonds. The van der Waals surface area contributed by atoms with Gasteiger partial charge in [0.15, 0.2) is 5.11 Å². The molecule has 0 atom stereocenters. The minimum absolute atomic E-state index is 0.368. The fraction of sp³-hybridized carbons (Fsp3) is 0.483. The smallest absolute Gasteiger partial charge is 0.225 e. The third-order valence-electron chi connectivity index (χ3n) is 7.61. The van der Waals surface area contributed by atoms with Crippen molar-refractivity contribution in [1.29, 1.82) is 0 Å². The van der Waals surface area contributed by atoms with Gasteiger partial charge in [-0.3, -0.25) is 0 Å². The molecule has 1 heterocycles. The summed E-state index contributed by atoms with van der Waals surface area (Å²) in [6.45, 7) is 0. The first-order valence-corrected chi connectivity index (χ1v) is 13.9. The molecule has 0 aliphatic heterocycles. The third kappa shape index (κ3) is 5.74. The second-order valence-electron chi connectivity index (χ2n) is 10.8. The number of hydrogen-bond donors (Lipinski definition) is 3. The number of aromatic nitrogens is 2. The summed E-state index contributed by atoms with van der Waals surface area (Å²) in [5.74, 6) is 1.86. The zero-order valence-electron chi connectivity index (χ0n) is 22.5. The van der Waals surface area contributed by atoms with Crippen LogP contribution in [0.3, 0.4) is 0 Å². The van der Waals surface area contributed by atoms with Crippen LogP contribution in [0.15, 0.2) is 36.4 Å². The normalized spacial score (nSPS) is 19.1. The number of hydrogen-bond acceptors (Lipinski definition) is 6. The molecule has 0 saturated heterocycles. The maximum atomic E-state index is 5.72. The van der Waals surface area contributed by atoms with E-state index in [4.69, 9.17) is 22.2 Å². The van der Waals surface area contributed by atoms with E-state index in [9.17, 15) is 0 Å². The second-order valence-corrected chi connectivity index (χ2v) is 11.2. The molecule has 0 bridgehead atoms. The summed E-state index contributed by atoms with van der Waals surface area (Å²) in [4.78, 5) is 14.1. The first-order chi connectivity index (χ1) is 17.9. The first-order valence-electron chi connectivity index (χ1n) is 13.5. The molecule has 1 fully saturated rings. The van der Waals surface area contributed by atoms with Crippen LogP contribution in [0.2, 0.25) is 0 Å². The Morgan fingerprint density at radius 1 is 0.838 bits per heavy atom. The van der Waals surface area contributed by atoms with Gasteiger partial charge >= 0.3 is 0 Å². The number of rotatable bonds is 6. The fourth-order valence-corrected chi connectivity index (χ4v) is 5.98. The van der Waals surface area contributed by atoms with Gasteiger partial charge in [-0.25, -0.2) is 4.98 Å². The van der Waals surface area contributed by atoms with E-state index in [0.717, 1.165) is 56.0 Å². The van der Waals surface area contributed by atoms with Crippen LogP contribution in [0.25, 0.3) is 10.8 Å².